The van der Waals surface area contributed by atoms with Gasteiger partial charge in [-0.25, -0.2) is 9.59 Å². The molecule has 0 aliphatic carbocycles. The molecular weight excluding hydrogens is 296 g/mol. The number of hydrogen-bond donors (Lipinski definition) is 3. The van der Waals surface area contributed by atoms with Crippen LogP contribution in [-0.4, -0.2) is 61.4 Å². The normalized spacial score (nSPS) is 30.8. The topological polar surface area (TPSA) is 82.7 Å². The van der Waals surface area contributed by atoms with Crippen LogP contribution in [0.2, 0.25) is 0 Å². The smallest absolute Gasteiger partial charge is 0.317 e. The average Bonchev–Trinajstić information content (AvgIpc) is 2.93. The van der Waals surface area contributed by atoms with E-state index in [2.05, 4.69) is 29.8 Å². The van der Waals surface area contributed by atoms with Crippen molar-refractivity contribution in [3.63, 3.8) is 0 Å². The summed E-state index contributed by atoms with van der Waals surface area (Å²) in [7, 11) is 0. The summed E-state index contributed by atoms with van der Waals surface area (Å²) in [5, 5.41) is 8.71. The summed E-state index contributed by atoms with van der Waals surface area (Å²) >= 11 is 0. The highest BCUT2D eigenvalue weighted by molar-refractivity contribution is 5.76. The van der Waals surface area contributed by atoms with Crippen LogP contribution in [-0.2, 0) is 4.74 Å². The predicted molar refractivity (Wildman–Crippen MR) is 88.3 cm³/mol. The van der Waals surface area contributed by atoms with E-state index in [0.717, 1.165) is 19.3 Å². The Labute approximate surface area is 138 Å². The van der Waals surface area contributed by atoms with Gasteiger partial charge < -0.3 is 25.6 Å². The maximum Gasteiger partial charge on any atom is 0.317 e. The highest BCUT2D eigenvalue weighted by atomic mass is 16.5. The molecule has 2 aliphatic heterocycles. The van der Waals surface area contributed by atoms with E-state index in [1.807, 2.05) is 6.92 Å². The SMILES string of the molecule is CCNC(=O)N1CCC(NC(=O)NCC2CC(C)OC(C)C2)C1. The van der Waals surface area contributed by atoms with Crippen LogP contribution in [0.25, 0.3) is 0 Å². The molecule has 0 aromatic carbocycles. The maximum atomic E-state index is 12.0. The zero-order chi connectivity index (χ0) is 16.8. The molecule has 0 spiro atoms. The van der Waals surface area contributed by atoms with Gasteiger partial charge in [0.1, 0.15) is 0 Å². The van der Waals surface area contributed by atoms with Gasteiger partial charge in [0.15, 0.2) is 0 Å². The lowest BCUT2D eigenvalue weighted by Gasteiger charge is -2.32. The quantitative estimate of drug-likeness (QED) is 0.728. The Morgan fingerprint density at radius 1 is 1.17 bits per heavy atom. The fraction of sp³-hybridized carbons (Fsp3) is 0.875. The van der Waals surface area contributed by atoms with E-state index in [9.17, 15) is 9.59 Å². The third-order valence-corrected chi connectivity index (χ3v) is 4.49. The number of carbonyl (C=O) groups excluding carboxylic acids is 2. The fourth-order valence-electron chi connectivity index (χ4n) is 3.51. The largest absolute Gasteiger partial charge is 0.376 e. The van der Waals surface area contributed by atoms with Crippen LogP contribution in [0.4, 0.5) is 9.59 Å². The molecule has 23 heavy (non-hydrogen) atoms. The van der Waals surface area contributed by atoms with Gasteiger partial charge >= 0.3 is 12.1 Å². The number of nitrogens with one attached hydrogen (secondary N) is 3. The highest BCUT2D eigenvalue weighted by Gasteiger charge is 2.28. The molecule has 3 N–H and O–H groups in total. The third-order valence-electron chi connectivity index (χ3n) is 4.49. The van der Waals surface area contributed by atoms with E-state index >= 15 is 0 Å². The number of ether oxygens (including phenoxy) is 1. The number of carbonyl (C=O) groups is 2. The second kappa shape index (κ2) is 8.38. The van der Waals surface area contributed by atoms with Crippen LogP contribution in [0.1, 0.15) is 40.0 Å². The van der Waals surface area contributed by atoms with Gasteiger partial charge in [-0.2, -0.15) is 0 Å². The second-order valence-corrected chi connectivity index (χ2v) is 6.72. The molecule has 0 aromatic rings. The zero-order valence-electron chi connectivity index (χ0n) is 14.4. The van der Waals surface area contributed by atoms with Crippen molar-refractivity contribution in [2.75, 3.05) is 26.2 Å². The van der Waals surface area contributed by atoms with Crippen molar-refractivity contribution in [1.82, 2.24) is 20.9 Å². The predicted octanol–water partition coefficient (Wildman–Crippen LogP) is 1.29. The minimum absolute atomic E-state index is 0.0325. The first-order valence-corrected chi connectivity index (χ1v) is 8.70. The fourth-order valence-corrected chi connectivity index (χ4v) is 3.51. The monoisotopic (exact) mass is 326 g/mol. The Hall–Kier alpha value is -1.50. The molecule has 0 radical (unpaired) electrons. The standard InChI is InChI=1S/C16H30N4O3/c1-4-17-16(22)20-6-5-14(10-20)19-15(21)18-9-13-7-11(2)23-12(3)8-13/h11-14H,4-10H2,1-3H3,(H,17,22)(H2,18,19,21). The number of rotatable bonds is 4. The number of amides is 4. The lowest BCUT2D eigenvalue weighted by atomic mass is 9.92. The number of urea groups is 2. The zero-order valence-corrected chi connectivity index (χ0v) is 14.4. The van der Waals surface area contributed by atoms with E-state index < -0.39 is 0 Å². The summed E-state index contributed by atoms with van der Waals surface area (Å²) in [4.78, 5) is 25.5. The first-order valence-electron chi connectivity index (χ1n) is 8.70. The molecule has 0 bridgehead atoms. The van der Waals surface area contributed by atoms with Crippen LogP contribution >= 0.6 is 0 Å². The summed E-state index contributed by atoms with van der Waals surface area (Å²) in [6.07, 6.45) is 3.29. The van der Waals surface area contributed by atoms with Crippen molar-refractivity contribution >= 4 is 12.1 Å². The van der Waals surface area contributed by atoms with Gasteiger partial charge in [-0.1, -0.05) is 0 Å². The Kier molecular flexibility index (Phi) is 6.50. The van der Waals surface area contributed by atoms with E-state index in [-0.39, 0.29) is 30.3 Å². The summed E-state index contributed by atoms with van der Waals surface area (Å²) < 4.78 is 5.71. The van der Waals surface area contributed by atoms with Gasteiger partial charge in [-0.05, 0) is 46.0 Å². The molecular formula is C16H30N4O3. The molecule has 132 valence electrons. The van der Waals surface area contributed by atoms with Gasteiger partial charge in [0.2, 0.25) is 0 Å². The first-order chi connectivity index (χ1) is 11.0. The number of likely N-dealkylation sites (tertiary alicyclic amines) is 1. The van der Waals surface area contributed by atoms with Gasteiger partial charge in [-0.3, -0.25) is 0 Å². The molecule has 7 heteroatoms. The minimum atomic E-state index is -0.139. The van der Waals surface area contributed by atoms with Gasteiger partial charge in [0.25, 0.3) is 0 Å². The highest BCUT2D eigenvalue weighted by Crippen LogP contribution is 2.23. The summed E-state index contributed by atoms with van der Waals surface area (Å²) in [6, 6.07) is -0.160. The average molecular weight is 326 g/mol. The van der Waals surface area contributed by atoms with Crippen molar-refractivity contribution in [1.29, 1.82) is 0 Å². The van der Waals surface area contributed by atoms with Crippen LogP contribution in [0.15, 0.2) is 0 Å². The summed E-state index contributed by atoms with van der Waals surface area (Å²) in [5.74, 6) is 0.468. The molecule has 0 saturated carbocycles. The van der Waals surface area contributed by atoms with Crippen molar-refractivity contribution in [3.8, 4) is 0 Å². The molecule has 2 saturated heterocycles. The first kappa shape index (κ1) is 17.8. The minimum Gasteiger partial charge on any atom is -0.376 e. The lowest BCUT2D eigenvalue weighted by molar-refractivity contribution is -0.0511. The van der Waals surface area contributed by atoms with Gasteiger partial charge in [-0.15, -0.1) is 0 Å². The van der Waals surface area contributed by atoms with E-state index in [4.69, 9.17) is 4.74 Å². The molecule has 0 aromatic heterocycles. The molecule has 3 atom stereocenters. The van der Waals surface area contributed by atoms with Crippen molar-refractivity contribution in [3.05, 3.63) is 0 Å². The summed E-state index contributed by atoms with van der Waals surface area (Å²) in [5.41, 5.74) is 0. The van der Waals surface area contributed by atoms with Crippen LogP contribution in [0.5, 0.6) is 0 Å². The van der Waals surface area contributed by atoms with E-state index in [1.54, 1.807) is 4.90 Å². The lowest BCUT2D eigenvalue weighted by Crippen LogP contribution is -2.47. The van der Waals surface area contributed by atoms with Crippen LogP contribution in [0, 0.1) is 5.92 Å². The molecule has 2 rings (SSSR count). The van der Waals surface area contributed by atoms with Gasteiger partial charge in [0.05, 0.1) is 12.2 Å². The number of hydrogen-bond acceptors (Lipinski definition) is 3. The molecule has 4 amide bonds. The molecule has 2 fully saturated rings. The summed E-state index contributed by atoms with van der Waals surface area (Å²) in [6.45, 7) is 8.62. The van der Waals surface area contributed by atoms with Crippen molar-refractivity contribution < 1.29 is 14.3 Å². The molecule has 2 aliphatic rings. The Bertz CT molecular complexity index is 408. The maximum absolute atomic E-state index is 12.0. The number of nitrogens with zero attached hydrogens (tertiary/aromatic N) is 1. The molecule has 2 heterocycles. The van der Waals surface area contributed by atoms with Crippen LogP contribution < -0.4 is 16.0 Å². The van der Waals surface area contributed by atoms with E-state index in [1.165, 1.54) is 0 Å². The second-order valence-electron chi connectivity index (χ2n) is 6.72. The molecule has 7 nitrogen and oxygen atoms in total. The van der Waals surface area contributed by atoms with Crippen molar-refractivity contribution in [2.45, 2.75) is 58.3 Å². The molecule has 3 unspecified atom stereocenters. The van der Waals surface area contributed by atoms with Crippen molar-refractivity contribution in [2.24, 2.45) is 5.92 Å². The Morgan fingerprint density at radius 3 is 2.52 bits per heavy atom. The van der Waals surface area contributed by atoms with E-state index in [0.29, 0.717) is 32.1 Å². The van der Waals surface area contributed by atoms with Gasteiger partial charge in [0, 0.05) is 32.2 Å². The Morgan fingerprint density at radius 2 is 1.87 bits per heavy atom. The van der Waals surface area contributed by atoms with Crippen LogP contribution in [0.3, 0.4) is 0 Å². The third kappa shape index (κ3) is 5.57. The Balaban J connectivity index is 1.66.